The van der Waals surface area contributed by atoms with E-state index < -0.39 is 11.8 Å². The molecule has 0 spiro atoms. The van der Waals surface area contributed by atoms with Crippen LogP contribution < -0.4 is 0 Å². The molecule has 0 fully saturated rings. The summed E-state index contributed by atoms with van der Waals surface area (Å²) in [7, 11) is 0. The van der Waals surface area contributed by atoms with E-state index in [4.69, 9.17) is 21.6 Å². The van der Waals surface area contributed by atoms with Crippen LogP contribution >= 0.6 is 11.6 Å². The SMILES string of the molecule is N#Cc1cccc(COC(=O)c2ccc(F)cc2Cl)c1. The van der Waals surface area contributed by atoms with Crippen molar-refractivity contribution >= 4 is 17.6 Å². The Labute approximate surface area is 120 Å². The van der Waals surface area contributed by atoms with Gasteiger partial charge >= 0.3 is 5.97 Å². The van der Waals surface area contributed by atoms with E-state index in [0.717, 1.165) is 12.1 Å². The second-order valence-corrected chi connectivity index (χ2v) is 4.42. The number of carbonyl (C=O) groups is 1. The van der Waals surface area contributed by atoms with Crippen LogP contribution in [-0.4, -0.2) is 5.97 Å². The van der Waals surface area contributed by atoms with Gasteiger partial charge in [0.2, 0.25) is 0 Å². The average molecular weight is 290 g/mol. The number of halogens is 2. The van der Waals surface area contributed by atoms with Crippen LogP contribution in [0.1, 0.15) is 21.5 Å². The maximum absolute atomic E-state index is 12.9. The fraction of sp³-hybridized carbons (Fsp3) is 0.0667. The molecule has 2 rings (SSSR count). The van der Waals surface area contributed by atoms with Gasteiger partial charge in [-0.05, 0) is 35.9 Å². The molecule has 5 heteroatoms. The Kier molecular flexibility index (Phi) is 4.34. The quantitative estimate of drug-likeness (QED) is 0.809. The van der Waals surface area contributed by atoms with Gasteiger partial charge in [0.05, 0.1) is 22.2 Å². The third-order valence-corrected chi connectivity index (χ3v) is 2.89. The third-order valence-electron chi connectivity index (χ3n) is 2.58. The average Bonchev–Trinajstić information content (AvgIpc) is 2.45. The molecule has 0 amide bonds. The first-order chi connectivity index (χ1) is 9.60. The molecule has 2 aromatic carbocycles. The standard InChI is InChI=1S/C15H9ClFNO2/c16-14-7-12(17)4-5-13(14)15(19)20-9-11-3-1-2-10(6-11)8-18/h1-7H,9H2. The van der Waals surface area contributed by atoms with Crippen molar-refractivity contribution in [2.75, 3.05) is 0 Å². The summed E-state index contributed by atoms with van der Waals surface area (Å²) in [5.41, 5.74) is 1.28. The predicted molar refractivity (Wildman–Crippen MR) is 71.7 cm³/mol. The van der Waals surface area contributed by atoms with Crippen molar-refractivity contribution in [3.8, 4) is 6.07 Å². The Bertz CT molecular complexity index is 695. The zero-order valence-electron chi connectivity index (χ0n) is 10.3. The number of nitriles is 1. The van der Waals surface area contributed by atoms with Crippen LogP contribution in [0.3, 0.4) is 0 Å². The molecule has 0 saturated carbocycles. The number of rotatable bonds is 3. The number of ether oxygens (including phenoxy) is 1. The van der Waals surface area contributed by atoms with Crippen molar-refractivity contribution < 1.29 is 13.9 Å². The van der Waals surface area contributed by atoms with Crippen LogP contribution in [-0.2, 0) is 11.3 Å². The molecule has 0 bridgehead atoms. The molecule has 0 radical (unpaired) electrons. The molecular formula is C15H9ClFNO2. The minimum absolute atomic E-state index is 0.000718. The van der Waals surface area contributed by atoms with E-state index in [2.05, 4.69) is 0 Å². The van der Waals surface area contributed by atoms with Gasteiger partial charge in [-0.3, -0.25) is 0 Å². The van der Waals surface area contributed by atoms with Crippen molar-refractivity contribution in [1.82, 2.24) is 0 Å². The van der Waals surface area contributed by atoms with Crippen molar-refractivity contribution in [3.05, 3.63) is 70.0 Å². The Morgan fingerprint density at radius 1 is 1.30 bits per heavy atom. The normalized spacial score (nSPS) is 9.85. The minimum Gasteiger partial charge on any atom is -0.457 e. The maximum atomic E-state index is 12.9. The highest BCUT2D eigenvalue weighted by Gasteiger charge is 2.12. The van der Waals surface area contributed by atoms with Crippen LogP contribution in [0.5, 0.6) is 0 Å². The molecule has 2 aromatic rings. The Balaban J connectivity index is 2.07. The highest BCUT2D eigenvalue weighted by molar-refractivity contribution is 6.33. The molecule has 0 aliphatic carbocycles. The number of hydrogen-bond acceptors (Lipinski definition) is 3. The van der Waals surface area contributed by atoms with Crippen molar-refractivity contribution in [2.45, 2.75) is 6.61 Å². The first-order valence-electron chi connectivity index (χ1n) is 5.71. The smallest absolute Gasteiger partial charge is 0.339 e. The molecule has 0 aliphatic heterocycles. The van der Waals surface area contributed by atoms with Crippen LogP contribution in [0.25, 0.3) is 0 Å². The lowest BCUT2D eigenvalue weighted by Gasteiger charge is -2.06. The molecule has 3 nitrogen and oxygen atoms in total. The van der Waals surface area contributed by atoms with E-state index >= 15 is 0 Å². The minimum atomic E-state index is -0.641. The van der Waals surface area contributed by atoms with Crippen LogP contribution in [0.4, 0.5) is 4.39 Å². The van der Waals surface area contributed by atoms with Gasteiger partial charge in [-0.15, -0.1) is 0 Å². The van der Waals surface area contributed by atoms with Crippen LogP contribution in [0.2, 0.25) is 5.02 Å². The van der Waals surface area contributed by atoms with Crippen molar-refractivity contribution in [3.63, 3.8) is 0 Å². The van der Waals surface area contributed by atoms with Crippen molar-refractivity contribution in [2.24, 2.45) is 0 Å². The monoisotopic (exact) mass is 289 g/mol. The zero-order valence-corrected chi connectivity index (χ0v) is 11.0. The van der Waals surface area contributed by atoms with Crippen LogP contribution in [0.15, 0.2) is 42.5 Å². The summed E-state index contributed by atoms with van der Waals surface area (Å²) in [5, 5.41) is 8.77. The van der Waals surface area contributed by atoms with E-state index in [9.17, 15) is 9.18 Å². The zero-order chi connectivity index (χ0) is 14.5. The summed E-state index contributed by atoms with van der Waals surface area (Å²) in [4.78, 5) is 11.8. The van der Waals surface area contributed by atoms with Gasteiger partial charge in [-0.25, -0.2) is 9.18 Å². The molecule has 0 unspecified atom stereocenters. The van der Waals surface area contributed by atoms with Gasteiger partial charge in [0, 0.05) is 0 Å². The molecule has 20 heavy (non-hydrogen) atoms. The van der Waals surface area contributed by atoms with E-state index in [-0.39, 0.29) is 17.2 Å². The summed E-state index contributed by atoms with van der Waals surface area (Å²) in [6.45, 7) is 0.0159. The summed E-state index contributed by atoms with van der Waals surface area (Å²) >= 11 is 5.77. The van der Waals surface area contributed by atoms with E-state index in [1.54, 1.807) is 24.3 Å². The van der Waals surface area contributed by atoms with Gasteiger partial charge in [0.25, 0.3) is 0 Å². The lowest BCUT2D eigenvalue weighted by atomic mass is 10.1. The van der Waals surface area contributed by atoms with Crippen molar-refractivity contribution in [1.29, 1.82) is 5.26 Å². The van der Waals surface area contributed by atoms with Gasteiger partial charge in [0.1, 0.15) is 12.4 Å². The fourth-order valence-electron chi connectivity index (χ4n) is 1.61. The maximum Gasteiger partial charge on any atom is 0.339 e. The lowest BCUT2D eigenvalue weighted by molar-refractivity contribution is 0.0473. The molecular weight excluding hydrogens is 281 g/mol. The highest BCUT2D eigenvalue weighted by atomic mass is 35.5. The van der Waals surface area contributed by atoms with Gasteiger partial charge < -0.3 is 4.74 Å². The highest BCUT2D eigenvalue weighted by Crippen LogP contribution is 2.18. The van der Waals surface area contributed by atoms with Gasteiger partial charge in [0.15, 0.2) is 0 Å². The molecule has 0 aliphatic rings. The second-order valence-electron chi connectivity index (χ2n) is 4.01. The van der Waals surface area contributed by atoms with Gasteiger partial charge in [-0.1, -0.05) is 23.7 Å². The van der Waals surface area contributed by atoms with E-state index in [1.807, 2.05) is 6.07 Å². The molecule has 0 saturated heterocycles. The number of carbonyl (C=O) groups excluding carboxylic acids is 1. The molecule has 0 heterocycles. The number of nitrogens with zero attached hydrogens (tertiary/aromatic N) is 1. The first kappa shape index (κ1) is 14.0. The summed E-state index contributed by atoms with van der Waals surface area (Å²) in [5.74, 6) is -1.16. The van der Waals surface area contributed by atoms with E-state index in [1.165, 1.54) is 6.07 Å². The largest absolute Gasteiger partial charge is 0.457 e. The number of hydrogen-bond donors (Lipinski definition) is 0. The first-order valence-corrected chi connectivity index (χ1v) is 6.09. The lowest BCUT2D eigenvalue weighted by Crippen LogP contribution is -2.06. The Hall–Kier alpha value is -2.38. The predicted octanol–water partition coefficient (Wildman–Crippen LogP) is 3.71. The Morgan fingerprint density at radius 3 is 2.80 bits per heavy atom. The Morgan fingerprint density at radius 2 is 2.10 bits per heavy atom. The molecule has 0 N–H and O–H groups in total. The number of benzene rings is 2. The molecule has 100 valence electrons. The van der Waals surface area contributed by atoms with E-state index in [0.29, 0.717) is 11.1 Å². The molecule has 0 aromatic heterocycles. The van der Waals surface area contributed by atoms with Gasteiger partial charge in [-0.2, -0.15) is 5.26 Å². The third kappa shape index (κ3) is 3.34. The molecule has 0 atom stereocenters. The summed E-state index contributed by atoms with van der Waals surface area (Å²) < 4.78 is 18.0. The second kappa shape index (κ2) is 6.18. The fourth-order valence-corrected chi connectivity index (χ4v) is 1.86. The van der Waals surface area contributed by atoms with Crippen LogP contribution in [0, 0.1) is 17.1 Å². The topological polar surface area (TPSA) is 50.1 Å². The summed E-state index contributed by atoms with van der Waals surface area (Å²) in [6, 6.07) is 12.2. The summed E-state index contributed by atoms with van der Waals surface area (Å²) in [6.07, 6.45) is 0. The number of esters is 1.